The predicted molar refractivity (Wildman–Crippen MR) is 83.9 cm³/mol. The molecule has 0 aliphatic heterocycles. The maximum Gasteiger partial charge on any atom is 0.0394 e. The van der Waals surface area contributed by atoms with E-state index >= 15 is 0 Å². The summed E-state index contributed by atoms with van der Waals surface area (Å²) in [5.41, 5.74) is 8.41. The smallest absolute Gasteiger partial charge is 0.0394 e. The Labute approximate surface area is 112 Å². The molecule has 92 valence electrons. The first-order chi connectivity index (χ1) is 9.29. The molecule has 0 spiro atoms. The van der Waals surface area contributed by atoms with E-state index in [0.29, 0.717) is 0 Å². The van der Waals surface area contributed by atoms with Gasteiger partial charge < -0.3 is 5.73 Å². The minimum atomic E-state index is 0.865. The highest BCUT2D eigenvalue weighted by Crippen LogP contribution is 2.38. The van der Waals surface area contributed by atoms with Crippen LogP contribution in [0.5, 0.6) is 0 Å². The van der Waals surface area contributed by atoms with E-state index < -0.39 is 0 Å². The number of aryl methyl sites for hydroxylation is 1. The second kappa shape index (κ2) is 3.61. The van der Waals surface area contributed by atoms with Crippen molar-refractivity contribution in [1.29, 1.82) is 0 Å². The Morgan fingerprint density at radius 2 is 1.32 bits per heavy atom. The van der Waals surface area contributed by atoms with E-state index in [1.54, 1.807) is 0 Å². The van der Waals surface area contributed by atoms with Gasteiger partial charge in [0.15, 0.2) is 0 Å². The largest absolute Gasteiger partial charge is 0.398 e. The molecule has 0 bridgehead atoms. The number of nitrogen functional groups attached to an aromatic ring is 1. The summed E-state index contributed by atoms with van der Waals surface area (Å²) in [6.45, 7) is 2.21. The van der Waals surface area contributed by atoms with E-state index in [1.807, 2.05) is 6.07 Å². The summed E-state index contributed by atoms with van der Waals surface area (Å²) < 4.78 is 0. The summed E-state index contributed by atoms with van der Waals surface area (Å²) in [7, 11) is 0. The highest BCUT2D eigenvalue weighted by Gasteiger charge is 2.11. The fraction of sp³-hybridized carbons (Fsp3) is 0.111. The molecule has 0 saturated heterocycles. The summed E-state index contributed by atoms with van der Waals surface area (Å²) in [6.07, 6.45) is 1.06. The number of rotatable bonds is 1. The lowest BCUT2D eigenvalue weighted by Crippen LogP contribution is -1.91. The average Bonchev–Trinajstić information content (AvgIpc) is 2.46. The normalized spacial score (nSPS) is 11.8. The standard InChI is InChI=1S/C18H15N/c1-2-11-3-4-12-6-9-15-16(19)10-7-13-5-8-14(11)17(12)18(13)15/h3-10H,2,19H2,1H3. The van der Waals surface area contributed by atoms with Crippen molar-refractivity contribution in [3.63, 3.8) is 0 Å². The van der Waals surface area contributed by atoms with Gasteiger partial charge in [-0.3, -0.25) is 0 Å². The predicted octanol–water partition coefficient (Wildman–Crippen LogP) is 4.73. The zero-order valence-corrected chi connectivity index (χ0v) is 10.9. The molecule has 0 aliphatic rings. The molecule has 4 rings (SSSR count). The van der Waals surface area contributed by atoms with Crippen molar-refractivity contribution < 1.29 is 0 Å². The van der Waals surface area contributed by atoms with E-state index in [4.69, 9.17) is 5.73 Å². The lowest BCUT2D eigenvalue weighted by atomic mass is 9.91. The Morgan fingerprint density at radius 1 is 0.737 bits per heavy atom. The highest BCUT2D eigenvalue weighted by atomic mass is 14.5. The molecule has 1 heteroatoms. The van der Waals surface area contributed by atoms with Gasteiger partial charge in [-0.1, -0.05) is 49.4 Å². The molecule has 0 saturated carbocycles. The van der Waals surface area contributed by atoms with Crippen LogP contribution < -0.4 is 5.73 Å². The van der Waals surface area contributed by atoms with Crippen molar-refractivity contribution in [2.24, 2.45) is 0 Å². The van der Waals surface area contributed by atoms with E-state index in [1.165, 1.54) is 37.9 Å². The first-order valence-corrected chi connectivity index (χ1v) is 6.74. The van der Waals surface area contributed by atoms with Crippen LogP contribution in [0, 0.1) is 0 Å². The van der Waals surface area contributed by atoms with Crippen LogP contribution in [-0.2, 0) is 6.42 Å². The van der Waals surface area contributed by atoms with Crippen LogP contribution in [0.1, 0.15) is 12.5 Å². The molecule has 0 unspecified atom stereocenters. The fourth-order valence-corrected chi connectivity index (χ4v) is 3.19. The number of nitrogens with two attached hydrogens (primary N) is 1. The van der Waals surface area contributed by atoms with Gasteiger partial charge in [-0.05, 0) is 45.0 Å². The molecular formula is C18H15N. The molecule has 4 aromatic rings. The molecule has 0 radical (unpaired) electrons. The van der Waals surface area contributed by atoms with E-state index in [0.717, 1.165) is 12.1 Å². The average molecular weight is 245 g/mol. The number of benzene rings is 4. The zero-order chi connectivity index (χ0) is 13.0. The first-order valence-electron chi connectivity index (χ1n) is 6.74. The van der Waals surface area contributed by atoms with Gasteiger partial charge in [0.25, 0.3) is 0 Å². The number of anilines is 1. The zero-order valence-electron chi connectivity index (χ0n) is 10.9. The Morgan fingerprint density at radius 3 is 2.05 bits per heavy atom. The van der Waals surface area contributed by atoms with Crippen molar-refractivity contribution in [3.05, 3.63) is 54.1 Å². The van der Waals surface area contributed by atoms with Gasteiger partial charge in [0.2, 0.25) is 0 Å². The van der Waals surface area contributed by atoms with Gasteiger partial charge in [-0.25, -0.2) is 0 Å². The molecule has 2 N–H and O–H groups in total. The summed E-state index contributed by atoms with van der Waals surface area (Å²) >= 11 is 0. The fourth-order valence-electron chi connectivity index (χ4n) is 3.19. The van der Waals surface area contributed by atoms with Crippen LogP contribution in [0.25, 0.3) is 32.3 Å². The van der Waals surface area contributed by atoms with Crippen molar-refractivity contribution in [1.82, 2.24) is 0 Å². The van der Waals surface area contributed by atoms with Gasteiger partial charge >= 0.3 is 0 Å². The second-order valence-corrected chi connectivity index (χ2v) is 5.16. The number of hydrogen-bond acceptors (Lipinski definition) is 1. The molecular weight excluding hydrogens is 230 g/mol. The molecule has 1 nitrogen and oxygen atoms in total. The molecule has 0 heterocycles. The second-order valence-electron chi connectivity index (χ2n) is 5.16. The molecule has 0 fully saturated rings. The van der Waals surface area contributed by atoms with Gasteiger partial charge in [-0.2, -0.15) is 0 Å². The minimum Gasteiger partial charge on any atom is -0.398 e. The van der Waals surface area contributed by atoms with Crippen LogP contribution in [-0.4, -0.2) is 0 Å². The lowest BCUT2D eigenvalue weighted by Gasteiger charge is -2.14. The summed E-state index contributed by atoms with van der Waals surface area (Å²) in [6, 6.07) is 17.4. The lowest BCUT2D eigenvalue weighted by molar-refractivity contribution is 1.16. The van der Waals surface area contributed by atoms with Crippen molar-refractivity contribution >= 4 is 38.0 Å². The Balaban J connectivity index is 2.39. The van der Waals surface area contributed by atoms with Crippen molar-refractivity contribution in [3.8, 4) is 0 Å². The Kier molecular flexibility index (Phi) is 2.02. The minimum absolute atomic E-state index is 0.865. The van der Waals surface area contributed by atoms with Crippen molar-refractivity contribution in [2.45, 2.75) is 13.3 Å². The van der Waals surface area contributed by atoms with E-state index in [-0.39, 0.29) is 0 Å². The van der Waals surface area contributed by atoms with Crippen LogP contribution >= 0.6 is 0 Å². The molecule has 0 aromatic heterocycles. The molecule has 4 aromatic carbocycles. The summed E-state index contributed by atoms with van der Waals surface area (Å²) in [5, 5.41) is 7.78. The highest BCUT2D eigenvalue weighted by molar-refractivity contribution is 6.25. The monoisotopic (exact) mass is 245 g/mol. The van der Waals surface area contributed by atoms with Gasteiger partial charge in [0.1, 0.15) is 0 Å². The van der Waals surface area contributed by atoms with E-state index in [9.17, 15) is 0 Å². The molecule has 19 heavy (non-hydrogen) atoms. The van der Waals surface area contributed by atoms with E-state index in [2.05, 4.69) is 49.4 Å². The third-order valence-corrected chi connectivity index (χ3v) is 4.17. The van der Waals surface area contributed by atoms with Crippen LogP contribution in [0.4, 0.5) is 5.69 Å². The van der Waals surface area contributed by atoms with Gasteiger partial charge in [0, 0.05) is 11.1 Å². The van der Waals surface area contributed by atoms with Crippen LogP contribution in [0.15, 0.2) is 48.5 Å². The van der Waals surface area contributed by atoms with Crippen LogP contribution in [0.3, 0.4) is 0 Å². The Hall–Kier alpha value is -2.28. The van der Waals surface area contributed by atoms with Gasteiger partial charge in [0.05, 0.1) is 0 Å². The van der Waals surface area contributed by atoms with Crippen LogP contribution in [0.2, 0.25) is 0 Å². The topological polar surface area (TPSA) is 26.0 Å². The summed E-state index contributed by atoms with van der Waals surface area (Å²) in [5.74, 6) is 0. The SMILES string of the molecule is CCc1ccc2ccc3c(N)ccc4ccc1c2c43. The third kappa shape index (κ3) is 1.30. The Bertz CT molecular complexity index is 906. The van der Waals surface area contributed by atoms with Crippen molar-refractivity contribution in [2.75, 3.05) is 5.73 Å². The maximum absolute atomic E-state index is 6.14. The molecule has 0 atom stereocenters. The molecule has 0 amide bonds. The third-order valence-electron chi connectivity index (χ3n) is 4.17. The number of hydrogen-bond donors (Lipinski definition) is 1. The summed E-state index contributed by atoms with van der Waals surface area (Å²) in [4.78, 5) is 0. The quantitative estimate of drug-likeness (QED) is 0.381. The van der Waals surface area contributed by atoms with Gasteiger partial charge in [-0.15, -0.1) is 0 Å². The molecule has 0 aliphatic carbocycles. The maximum atomic E-state index is 6.14. The first kappa shape index (κ1) is 10.6.